The molecule has 3 N–H and O–H groups in total. The van der Waals surface area contributed by atoms with E-state index >= 15 is 0 Å². The van der Waals surface area contributed by atoms with E-state index in [0.29, 0.717) is 11.1 Å². The Bertz CT molecular complexity index is 1030. The second kappa shape index (κ2) is 8.46. The maximum Gasteiger partial charge on any atom is 0.259 e. The predicted octanol–water partition coefficient (Wildman–Crippen LogP) is 3.19. The average molecular weight is 426 g/mol. The highest BCUT2D eigenvalue weighted by atomic mass is 79.9. The van der Waals surface area contributed by atoms with Crippen molar-refractivity contribution in [2.24, 2.45) is 5.10 Å². The zero-order valence-corrected chi connectivity index (χ0v) is 15.7. The van der Waals surface area contributed by atoms with Crippen molar-refractivity contribution < 1.29 is 14.7 Å². The highest BCUT2D eigenvalue weighted by Gasteiger charge is 2.08. The van der Waals surface area contributed by atoms with Gasteiger partial charge in [0.1, 0.15) is 5.75 Å². The molecule has 136 valence electrons. The van der Waals surface area contributed by atoms with Gasteiger partial charge in [0.25, 0.3) is 11.8 Å². The van der Waals surface area contributed by atoms with Crippen LogP contribution in [0.5, 0.6) is 5.75 Å². The molecule has 3 rings (SSSR count). The lowest BCUT2D eigenvalue weighted by atomic mass is 10.0. The van der Waals surface area contributed by atoms with Gasteiger partial charge in [-0.1, -0.05) is 52.3 Å². The number of nitrogens with zero attached hydrogens (tertiary/aromatic N) is 1. The molecule has 0 bridgehead atoms. The number of carbonyl (C=O) groups is 2. The van der Waals surface area contributed by atoms with Crippen molar-refractivity contribution in [3.8, 4) is 5.75 Å². The molecule has 6 nitrogen and oxygen atoms in total. The minimum Gasteiger partial charge on any atom is -0.507 e. The number of rotatable bonds is 5. The second-order valence-corrected chi connectivity index (χ2v) is 6.62. The van der Waals surface area contributed by atoms with E-state index in [2.05, 4.69) is 31.8 Å². The van der Waals surface area contributed by atoms with Gasteiger partial charge in [-0.25, -0.2) is 5.43 Å². The number of carbonyl (C=O) groups excluding carboxylic acids is 2. The second-order valence-electron chi connectivity index (χ2n) is 5.71. The average Bonchev–Trinajstić information content (AvgIpc) is 2.68. The molecule has 0 aromatic heterocycles. The van der Waals surface area contributed by atoms with Crippen LogP contribution in [0.3, 0.4) is 0 Å². The van der Waals surface area contributed by atoms with E-state index in [1.54, 1.807) is 36.4 Å². The summed E-state index contributed by atoms with van der Waals surface area (Å²) < 4.78 is 0.777. The Balaban J connectivity index is 1.60. The molecular weight excluding hydrogens is 410 g/mol. The Morgan fingerprint density at radius 2 is 1.89 bits per heavy atom. The minimum absolute atomic E-state index is 0.0645. The third kappa shape index (κ3) is 4.71. The summed E-state index contributed by atoms with van der Waals surface area (Å²) in [7, 11) is 0. The molecule has 0 heterocycles. The van der Waals surface area contributed by atoms with Gasteiger partial charge in [-0.05, 0) is 35.0 Å². The number of hydrogen-bond donors (Lipinski definition) is 3. The number of hydrogen-bond acceptors (Lipinski definition) is 4. The van der Waals surface area contributed by atoms with Crippen LogP contribution in [0.1, 0.15) is 15.9 Å². The van der Waals surface area contributed by atoms with Crippen molar-refractivity contribution in [1.29, 1.82) is 0 Å². The lowest BCUT2D eigenvalue weighted by molar-refractivity contribution is -0.120. The highest BCUT2D eigenvalue weighted by molar-refractivity contribution is 9.10. The predicted molar refractivity (Wildman–Crippen MR) is 108 cm³/mol. The number of benzene rings is 3. The number of halogens is 1. The van der Waals surface area contributed by atoms with Crippen molar-refractivity contribution in [1.82, 2.24) is 10.7 Å². The molecule has 0 aliphatic carbocycles. The summed E-state index contributed by atoms with van der Waals surface area (Å²) in [6.07, 6.45) is 1.38. The molecule has 0 aliphatic heterocycles. The summed E-state index contributed by atoms with van der Waals surface area (Å²) in [6.45, 7) is -0.218. The number of phenolic OH excluding ortho intramolecular Hbond substituents is 1. The molecule has 0 unspecified atom stereocenters. The van der Waals surface area contributed by atoms with Crippen LogP contribution >= 0.6 is 15.9 Å². The van der Waals surface area contributed by atoms with Gasteiger partial charge in [0.2, 0.25) is 0 Å². The standard InChI is InChI=1S/C20H16BrN3O3/c21-15-6-3-5-14(10-15)20(27)22-12-19(26)24-23-11-17-16-7-2-1-4-13(16)8-9-18(17)25/h1-11,25H,12H2,(H,22,27)(H,24,26)/b23-11-. The first-order valence-electron chi connectivity index (χ1n) is 8.11. The molecule has 0 atom stereocenters. The number of fused-ring (bicyclic) bond motifs is 1. The number of phenols is 1. The summed E-state index contributed by atoms with van der Waals surface area (Å²) in [5.74, 6) is -0.772. The molecule has 7 heteroatoms. The molecule has 0 aliphatic rings. The van der Waals surface area contributed by atoms with Crippen LogP contribution in [0, 0.1) is 0 Å². The Morgan fingerprint density at radius 1 is 1.07 bits per heavy atom. The molecule has 0 fully saturated rings. The number of nitrogens with one attached hydrogen (secondary N) is 2. The van der Waals surface area contributed by atoms with Gasteiger partial charge in [-0.3, -0.25) is 9.59 Å². The summed E-state index contributed by atoms with van der Waals surface area (Å²) in [4.78, 5) is 23.9. The fourth-order valence-corrected chi connectivity index (χ4v) is 2.92. The molecule has 0 spiro atoms. The van der Waals surface area contributed by atoms with E-state index in [1.807, 2.05) is 24.3 Å². The first-order chi connectivity index (χ1) is 13.0. The van der Waals surface area contributed by atoms with Gasteiger partial charge >= 0.3 is 0 Å². The van der Waals surface area contributed by atoms with Gasteiger partial charge < -0.3 is 10.4 Å². The lowest BCUT2D eigenvalue weighted by Crippen LogP contribution is -2.34. The zero-order valence-electron chi connectivity index (χ0n) is 14.1. The number of amides is 2. The molecule has 0 saturated heterocycles. The van der Waals surface area contributed by atoms with Crippen LogP contribution < -0.4 is 10.7 Å². The van der Waals surface area contributed by atoms with Crippen molar-refractivity contribution in [3.63, 3.8) is 0 Å². The molecule has 3 aromatic carbocycles. The smallest absolute Gasteiger partial charge is 0.259 e. The number of aromatic hydroxyl groups is 1. The summed E-state index contributed by atoms with van der Waals surface area (Å²) in [6, 6.07) is 17.8. The van der Waals surface area contributed by atoms with E-state index in [9.17, 15) is 14.7 Å². The molecule has 3 aromatic rings. The van der Waals surface area contributed by atoms with E-state index < -0.39 is 5.91 Å². The van der Waals surface area contributed by atoms with Crippen LogP contribution in [0.25, 0.3) is 10.8 Å². The van der Waals surface area contributed by atoms with E-state index in [4.69, 9.17) is 0 Å². The van der Waals surface area contributed by atoms with Crippen molar-refractivity contribution in [2.45, 2.75) is 0 Å². The van der Waals surface area contributed by atoms with Crippen LogP contribution in [0.2, 0.25) is 0 Å². The first-order valence-corrected chi connectivity index (χ1v) is 8.90. The molecule has 0 radical (unpaired) electrons. The highest BCUT2D eigenvalue weighted by Crippen LogP contribution is 2.25. The minimum atomic E-state index is -0.477. The monoisotopic (exact) mass is 425 g/mol. The maximum absolute atomic E-state index is 12.0. The molecule has 27 heavy (non-hydrogen) atoms. The third-order valence-corrected chi connectivity index (χ3v) is 4.32. The normalized spacial score (nSPS) is 10.9. The summed E-state index contributed by atoms with van der Waals surface area (Å²) in [5, 5.41) is 18.2. The molecule has 2 amide bonds. The third-order valence-electron chi connectivity index (χ3n) is 3.83. The Kier molecular flexibility index (Phi) is 5.83. The van der Waals surface area contributed by atoms with Gasteiger partial charge in [0.15, 0.2) is 0 Å². The van der Waals surface area contributed by atoms with E-state index in [1.165, 1.54) is 6.21 Å². The van der Waals surface area contributed by atoms with Gasteiger partial charge in [-0.2, -0.15) is 5.10 Å². The quantitative estimate of drug-likeness (QED) is 0.433. The SMILES string of the molecule is O=C(CNC(=O)c1cccc(Br)c1)N/N=C\c1c(O)ccc2ccccc12. The fraction of sp³-hybridized carbons (Fsp3) is 0.0500. The van der Waals surface area contributed by atoms with Gasteiger partial charge in [0, 0.05) is 15.6 Å². The van der Waals surface area contributed by atoms with Crippen LogP contribution in [-0.4, -0.2) is 29.7 Å². The largest absolute Gasteiger partial charge is 0.507 e. The summed E-state index contributed by atoms with van der Waals surface area (Å²) >= 11 is 3.29. The van der Waals surface area contributed by atoms with Gasteiger partial charge in [0.05, 0.1) is 12.8 Å². The van der Waals surface area contributed by atoms with Crippen LogP contribution in [0.15, 0.2) is 70.2 Å². The van der Waals surface area contributed by atoms with Gasteiger partial charge in [-0.15, -0.1) is 0 Å². The first kappa shape index (κ1) is 18.6. The molecular formula is C20H16BrN3O3. The molecule has 0 saturated carbocycles. The van der Waals surface area contributed by atoms with E-state index in [0.717, 1.165) is 15.2 Å². The topological polar surface area (TPSA) is 90.8 Å². The van der Waals surface area contributed by atoms with Crippen molar-refractivity contribution >= 4 is 44.7 Å². The van der Waals surface area contributed by atoms with Crippen molar-refractivity contribution in [3.05, 3.63) is 76.3 Å². The lowest BCUT2D eigenvalue weighted by Gasteiger charge is -2.06. The Labute approximate surface area is 164 Å². The Morgan fingerprint density at radius 3 is 2.70 bits per heavy atom. The zero-order chi connectivity index (χ0) is 19.2. The summed E-state index contributed by atoms with van der Waals surface area (Å²) in [5.41, 5.74) is 3.29. The van der Waals surface area contributed by atoms with Crippen LogP contribution in [0.4, 0.5) is 0 Å². The maximum atomic E-state index is 12.0. The van der Waals surface area contributed by atoms with Crippen molar-refractivity contribution in [2.75, 3.05) is 6.54 Å². The fourth-order valence-electron chi connectivity index (χ4n) is 2.52. The van der Waals surface area contributed by atoms with Crippen LogP contribution in [-0.2, 0) is 4.79 Å². The number of hydrazone groups is 1. The van der Waals surface area contributed by atoms with E-state index in [-0.39, 0.29) is 18.2 Å². The Hall–Kier alpha value is -3.19.